The Kier molecular flexibility index (Phi) is 3.69. The van der Waals surface area contributed by atoms with Gasteiger partial charge in [0, 0.05) is 24.3 Å². The lowest BCUT2D eigenvalue weighted by atomic mass is 10.2. The van der Waals surface area contributed by atoms with E-state index in [-0.39, 0.29) is 0 Å². The molecule has 2 aromatic rings. The van der Waals surface area contributed by atoms with Crippen LogP contribution in [0.3, 0.4) is 0 Å². The molecule has 3 rings (SSSR count). The van der Waals surface area contributed by atoms with Gasteiger partial charge in [-0.1, -0.05) is 0 Å². The molecule has 5 nitrogen and oxygen atoms in total. The van der Waals surface area contributed by atoms with E-state index >= 15 is 0 Å². The van der Waals surface area contributed by atoms with Gasteiger partial charge in [-0.05, 0) is 45.0 Å². The van der Waals surface area contributed by atoms with Crippen molar-refractivity contribution >= 4 is 5.82 Å². The van der Waals surface area contributed by atoms with E-state index < -0.39 is 0 Å². The number of rotatable bonds is 4. The van der Waals surface area contributed by atoms with Crippen LogP contribution in [0.5, 0.6) is 0 Å². The van der Waals surface area contributed by atoms with E-state index in [0.717, 1.165) is 17.8 Å². The highest BCUT2D eigenvalue weighted by Gasteiger charge is 2.19. The van der Waals surface area contributed by atoms with Crippen LogP contribution in [0.15, 0.2) is 30.9 Å². The second-order valence-corrected chi connectivity index (χ2v) is 5.49. The van der Waals surface area contributed by atoms with E-state index in [4.69, 9.17) is 5.73 Å². The normalized spacial score (nSPS) is 17.4. The molecule has 1 saturated heterocycles. The Morgan fingerprint density at radius 1 is 1.35 bits per heavy atom. The molecule has 1 atom stereocenters. The van der Waals surface area contributed by atoms with Gasteiger partial charge in [-0.2, -0.15) is 0 Å². The third kappa shape index (κ3) is 2.67. The Bertz CT molecular complexity index is 571. The molecule has 0 amide bonds. The molecule has 1 unspecified atom stereocenters. The van der Waals surface area contributed by atoms with Crippen molar-refractivity contribution in [2.24, 2.45) is 0 Å². The van der Waals surface area contributed by atoms with Gasteiger partial charge in [-0.3, -0.25) is 4.90 Å². The number of hydrogen-bond acceptors (Lipinski definition) is 4. The first-order valence-electron chi connectivity index (χ1n) is 7.20. The van der Waals surface area contributed by atoms with Crippen LogP contribution in [-0.2, 0) is 6.54 Å². The molecule has 106 valence electrons. The fraction of sp³-hybridized carbons (Fsp3) is 0.467. The van der Waals surface area contributed by atoms with Crippen molar-refractivity contribution in [3.8, 4) is 11.3 Å². The van der Waals surface area contributed by atoms with Crippen LogP contribution >= 0.6 is 0 Å². The topological polar surface area (TPSA) is 60.0 Å². The Morgan fingerprint density at radius 3 is 2.90 bits per heavy atom. The predicted octanol–water partition coefficient (Wildman–Crippen LogP) is 2.01. The number of likely N-dealkylation sites (tertiary alicyclic amines) is 1. The molecule has 0 radical (unpaired) electrons. The summed E-state index contributed by atoms with van der Waals surface area (Å²) in [5.74, 6) is 0.544. The van der Waals surface area contributed by atoms with Gasteiger partial charge in [0.25, 0.3) is 0 Å². The highest BCUT2D eigenvalue weighted by Crippen LogP contribution is 2.21. The fourth-order valence-corrected chi connectivity index (χ4v) is 2.90. The van der Waals surface area contributed by atoms with Gasteiger partial charge in [-0.15, -0.1) is 0 Å². The number of anilines is 1. The van der Waals surface area contributed by atoms with Crippen LogP contribution in [0.2, 0.25) is 0 Å². The molecule has 0 aliphatic carbocycles. The average molecular weight is 271 g/mol. The predicted molar refractivity (Wildman–Crippen MR) is 80.1 cm³/mol. The maximum Gasteiger partial charge on any atom is 0.123 e. The minimum Gasteiger partial charge on any atom is -0.384 e. The SMILES string of the molecule is CC(Cn1cncc1-c1ccnc(N)c1)N1CCCC1. The monoisotopic (exact) mass is 271 g/mol. The number of nitrogens with zero attached hydrogens (tertiary/aromatic N) is 4. The summed E-state index contributed by atoms with van der Waals surface area (Å²) >= 11 is 0. The Morgan fingerprint density at radius 2 is 2.15 bits per heavy atom. The van der Waals surface area contributed by atoms with Crippen molar-refractivity contribution in [3.63, 3.8) is 0 Å². The van der Waals surface area contributed by atoms with Gasteiger partial charge in [0.1, 0.15) is 5.82 Å². The van der Waals surface area contributed by atoms with E-state index in [2.05, 4.69) is 26.4 Å². The second-order valence-electron chi connectivity index (χ2n) is 5.49. The lowest BCUT2D eigenvalue weighted by Gasteiger charge is -2.24. The van der Waals surface area contributed by atoms with Crippen molar-refractivity contribution in [1.29, 1.82) is 0 Å². The van der Waals surface area contributed by atoms with Crippen LogP contribution in [0, 0.1) is 0 Å². The fourth-order valence-electron chi connectivity index (χ4n) is 2.90. The summed E-state index contributed by atoms with van der Waals surface area (Å²) in [7, 11) is 0. The number of nitrogen functional groups attached to an aromatic ring is 1. The van der Waals surface area contributed by atoms with Gasteiger partial charge in [-0.25, -0.2) is 9.97 Å². The molecular weight excluding hydrogens is 250 g/mol. The van der Waals surface area contributed by atoms with E-state index in [0.29, 0.717) is 11.9 Å². The largest absolute Gasteiger partial charge is 0.384 e. The van der Waals surface area contributed by atoms with E-state index in [1.807, 2.05) is 24.7 Å². The zero-order valence-electron chi connectivity index (χ0n) is 11.9. The summed E-state index contributed by atoms with van der Waals surface area (Å²) < 4.78 is 2.21. The number of imidazole rings is 1. The highest BCUT2D eigenvalue weighted by atomic mass is 15.2. The third-order valence-electron chi connectivity index (χ3n) is 4.01. The van der Waals surface area contributed by atoms with Gasteiger partial charge >= 0.3 is 0 Å². The second kappa shape index (κ2) is 5.63. The Hall–Kier alpha value is -1.88. The molecule has 0 spiro atoms. The van der Waals surface area contributed by atoms with Gasteiger partial charge in [0.15, 0.2) is 0 Å². The van der Waals surface area contributed by atoms with Crippen LogP contribution in [0.25, 0.3) is 11.3 Å². The molecule has 1 aliphatic rings. The zero-order chi connectivity index (χ0) is 13.9. The molecule has 2 aromatic heterocycles. The molecule has 0 bridgehead atoms. The molecule has 5 heteroatoms. The van der Waals surface area contributed by atoms with Gasteiger partial charge < -0.3 is 10.3 Å². The standard InChI is InChI=1S/C15H21N5/c1-12(19-6-2-3-7-19)10-20-11-17-9-14(20)13-4-5-18-15(16)8-13/h4-5,8-9,11-12H,2-3,6-7,10H2,1H3,(H2,16,18). The van der Waals surface area contributed by atoms with Crippen molar-refractivity contribution in [2.75, 3.05) is 18.8 Å². The molecule has 2 N–H and O–H groups in total. The number of aromatic nitrogens is 3. The first-order valence-corrected chi connectivity index (χ1v) is 7.20. The first-order chi connectivity index (χ1) is 9.74. The Labute approximate surface area is 119 Å². The Balaban J connectivity index is 1.79. The lowest BCUT2D eigenvalue weighted by molar-refractivity contribution is 0.236. The third-order valence-corrected chi connectivity index (χ3v) is 4.01. The van der Waals surface area contributed by atoms with E-state index in [9.17, 15) is 0 Å². The lowest BCUT2D eigenvalue weighted by Crippen LogP contribution is -2.33. The molecule has 1 aliphatic heterocycles. The summed E-state index contributed by atoms with van der Waals surface area (Å²) in [5, 5.41) is 0. The molecule has 20 heavy (non-hydrogen) atoms. The molecule has 1 fully saturated rings. The summed E-state index contributed by atoms with van der Waals surface area (Å²) in [4.78, 5) is 10.9. The van der Waals surface area contributed by atoms with E-state index in [1.165, 1.54) is 25.9 Å². The number of pyridine rings is 1. The van der Waals surface area contributed by atoms with E-state index in [1.54, 1.807) is 6.20 Å². The van der Waals surface area contributed by atoms with Crippen LogP contribution in [0.1, 0.15) is 19.8 Å². The summed E-state index contributed by atoms with van der Waals surface area (Å²) in [6.45, 7) is 5.67. The maximum atomic E-state index is 5.77. The first kappa shape index (κ1) is 13.1. The molecule has 0 saturated carbocycles. The average Bonchev–Trinajstić information content (AvgIpc) is 3.09. The zero-order valence-corrected chi connectivity index (χ0v) is 11.9. The smallest absolute Gasteiger partial charge is 0.123 e. The van der Waals surface area contributed by atoms with Gasteiger partial charge in [0.2, 0.25) is 0 Å². The summed E-state index contributed by atoms with van der Waals surface area (Å²) in [6.07, 6.45) is 8.18. The van der Waals surface area contributed by atoms with Crippen molar-refractivity contribution in [3.05, 3.63) is 30.9 Å². The quantitative estimate of drug-likeness (QED) is 0.924. The minimum absolute atomic E-state index is 0.532. The summed E-state index contributed by atoms with van der Waals surface area (Å²) in [6, 6.07) is 4.41. The van der Waals surface area contributed by atoms with Crippen molar-refractivity contribution < 1.29 is 0 Å². The van der Waals surface area contributed by atoms with Crippen molar-refractivity contribution in [1.82, 2.24) is 19.4 Å². The molecular formula is C15H21N5. The summed E-state index contributed by atoms with van der Waals surface area (Å²) in [5.41, 5.74) is 7.94. The number of hydrogen-bond donors (Lipinski definition) is 1. The molecule has 0 aromatic carbocycles. The van der Waals surface area contributed by atoms with Crippen LogP contribution < -0.4 is 5.73 Å². The van der Waals surface area contributed by atoms with Gasteiger partial charge in [0.05, 0.1) is 18.2 Å². The number of nitrogens with two attached hydrogens (primary N) is 1. The molecule has 3 heterocycles. The maximum absolute atomic E-state index is 5.77. The highest BCUT2D eigenvalue weighted by molar-refractivity contribution is 5.61. The van der Waals surface area contributed by atoms with Crippen LogP contribution in [-0.4, -0.2) is 38.6 Å². The minimum atomic E-state index is 0.532. The van der Waals surface area contributed by atoms with Crippen molar-refractivity contribution in [2.45, 2.75) is 32.4 Å². The van der Waals surface area contributed by atoms with Crippen LogP contribution in [0.4, 0.5) is 5.82 Å².